The second-order valence-electron chi connectivity index (χ2n) is 6.57. The van der Waals surface area contributed by atoms with Crippen molar-refractivity contribution >= 4 is 5.69 Å². The van der Waals surface area contributed by atoms with E-state index >= 15 is 0 Å². The van der Waals surface area contributed by atoms with E-state index in [1.54, 1.807) is 0 Å². The van der Waals surface area contributed by atoms with Gasteiger partial charge in [-0.15, -0.1) is 0 Å². The van der Waals surface area contributed by atoms with E-state index in [2.05, 4.69) is 51.2 Å². The highest BCUT2D eigenvalue weighted by Gasteiger charge is 2.02. The zero-order valence-corrected chi connectivity index (χ0v) is 15.2. The van der Waals surface area contributed by atoms with E-state index in [4.69, 9.17) is 9.47 Å². The topological polar surface area (TPSA) is 30.5 Å². The van der Waals surface area contributed by atoms with Gasteiger partial charge >= 0.3 is 0 Å². The van der Waals surface area contributed by atoms with Crippen LogP contribution in [0.5, 0.6) is 11.5 Å². The molecule has 0 aliphatic heterocycles. The maximum absolute atomic E-state index is 5.86. The highest BCUT2D eigenvalue weighted by molar-refractivity contribution is 5.48. The van der Waals surface area contributed by atoms with Gasteiger partial charge in [0, 0.05) is 18.3 Å². The van der Waals surface area contributed by atoms with Gasteiger partial charge < -0.3 is 14.8 Å². The van der Waals surface area contributed by atoms with Crippen LogP contribution in [0.15, 0.2) is 48.5 Å². The molecule has 0 aliphatic rings. The zero-order valence-electron chi connectivity index (χ0n) is 15.2. The minimum atomic E-state index is 0.235. The Labute approximate surface area is 146 Å². The van der Waals surface area contributed by atoms with E-state index in [1.807, 2.05) is 30.3 Å². The van der Waals surface area contributed by atoms with E-state index in [1.165, 1.54) is 5.56 Å². The Hall–Kier alpha value is -2.16. The van der Waals surface area contributed by atoms with Crippen molar-refractivity contribution in [2.45, 2.75) is 46.8 Å². The number of anilines is 1. The number of hydrogen-bond acceptors (Lipinski definition) is 3. The van der Waals surface area contributed by atoms with Gasteiger partial charge in [0.25, 0.3) is 0 Å². The molecule has 0 spiro atoms. The first-order chi connectivity index (χ1) is 11.6. The maximum Gasteiger partial charge on any atom is 0.121 e. The predicted octanol–water partition coefficient (Wildman–Crippen LogP) is 5.51. The van der Waals surface area contributed by atoms with E-state index < -0.39 is 0 Å². The fourth-order valence-electron chi connectivity index (χ4n) is 2.17. The number of nitrogens with one attached hydrogen (secondary N) is 1. The lowest BCUT2D eigenvalue weighted by Crippen LogP contribution is -2.09. The van der Waals surface area contributed by atoms with Gasteiger partial charge in [-0.3, -0.25) is 0 Å². The summed E-state index contributed by atoms with van der Waals surface area (Å²) in [5, 5.41) is 3.44. The van der Waals surface area contributed by atoms with Gasteiger partial charge in [0.1, 0.15) is 11.5 Å². The summed E-state index contributed by atoms with van der Waals surface area (Å²) < 4.78 is 11.6. The van der Waals surface area contributed by atoms with E-state index in [-0.39, 0.29) is 6.10 Å². The predicted molar refractivity (Wildman–Crippen MR) is 101 cm³/mol. The lowest BCUT2D eigenvalue weighted by molar-refractivity contribution is 0.217. The molecule has 0 saturated carbocycles. The van der Waals surface area contributed by atoms with Crippen LogP contribution in [0.2, 0.25) is 0 Å². The Morgan fingerprint density at radius 2 is 1.71 bits per heavy atom. The lowest BCUT2D eigenvalue weighted by atomic mass is 10.2. The molecule has 2 aromatic rings. The Bertz CT molecular complexity index is 607. The normalized spacial score (nSPS) is 12.0. The van der Waals surface area contributed by atoms with Crippen molar-refractivity contribution in [3.63, 3.8) is 0 Å². The van der Waals surface area contributed by atoms with E-state index in [9.17, 15) is 0 Å². The molecule has 2 rings (SSSR count). The fourth-order valence-corrected chi connectivity index (χ4v) is 2.17. The van der Waals surface area contributed by atoms with Gasteiger partial charge in [0.15, 0.2) is 0 Å². The summed E-state index contributed by atoms with van der Waals surface area (Å²) in [5.41, 5.74) is 2.29. The van der Waals surface area contributed by atoms with Gasteiger partial charge in [-0.1, -0.05) is 39.0 Å². The highest BCUT2D eigenvalue weighted by Crippen LogP contribution is 2.20. The molecule has 1 atom stereocenters. The van der Waals surface area contributed by atoms with Crippen LogP contribution in [0.25, 0.3) is 0 Å². The molecule has 3 heteroatoms. The van der Waals surface area contributed by atoms with Crippen LogP contribution in [-0.4, -0.2) is 12.7 Å². The Morgan fingerprint density at radius 3 is 2.38 bits per heavy atom. The number of ether oxygens (including phenoxy) is 2. The molecule has 0 fully saturated rings. The van der Waals surface area contributed by atoms with E-state index in [0.29, 0.717) is 5.92 Å². The minimum Gasteiger partial charge on any atom is -0.493 e. The maximum atomic E-state index is 5.86. The Morgan fingerprint density at radius 1 is 0.958 bits per heavy atom. The molecular formula is C21H29NO2. The first kappa shape index (κ1) is 18.2. The molecule has 0 aliphatic carbocycles. The summed E-state index contributed by atoms with van der Waals surface area (Å²) in [5.74, 6) is 2.37. The van der Waals surface area contributed by atoms with Gasteiger partial charge in [-0.2, -0.15) is 0 Å². The zero-order chi connectivity index (χ0) is 17.4. The highest BCUT2D eigenvalue weighted by atomic mass is 16.5. The van der Waals surface area contributed by atoms with Crippen LogP contribution in [0.4, 0.5) is 5.69 Å². The summed E-state index contributed by atoms with van der Waals surface area (Å²) in [4.78, 5) is 0. The van der Waals surface area contributed by atoms with Gasteiger partial charge in [0.2, 0.25) is 0 Å². The molecule has 1 unspecified atom stereocenters. The SMILES string of the molecule is CCC(C)Oc1cccc(NCc2ccc(OCC(C)C)cc2)c1. The van der Waals surface area contributed by atoms with Gasteiger partial charge in [0.05, 0.1) is 12.7 Å². The van der Waals surface area contributed by atoms with Crippen LogP contribution >= 0.6 is 0 Å². The average molecular weight is 327 g/mol. The van der Waals surface area contributed by atoms with Crippen molar-refractivity contribution in [3.8, 4) is 11.5 Å². The molecule has 0 aromatic heterocycles. The van der Waals surface area contributed by atoms with Gasteiger partial charge in [-0.25, -0.2) is 0 Å². The smallest absolute Gasteiger partial charge is 0.121 e. The molecule has 1 N–H and O–H groups in total. The summed E-state index contributed by atoms with van der Waals surface area (Å²) in [6, 6.07) is 16.4. The van der Waals surface area contributed by atoms with Crippen molar-refractivity contribution in [1.29, 1.82) is 0 Å². The van der Waals surface area contributed by atoms with Crippen LogP contribution < -0.4 is 14.8 Å². The molecule has 130 valence electrons. The van der Waals surface area contributed by atoms with Crippen molar-refractivity contribution < 1.29 is 9.47 Å². The monoisotopic (exact) mass is 327 g/mol. The molecule has 2 aromatic carbocycles. The molecular weight excluding hydrogens is 298 g/mol. The summed E-state index contributed by atoms with van der Waals surface area (Å²) in [7, 11) is 0. The van der Waals surface area contributed by atoms with Crippen molar-refractivity contribution in [2.24, 2.45) is 5.92 Å². The molecule has 24 heavy (non-hydrogen) atoms. The molecule has 0 radical (unpaired) electrons. The van der Waals surface area contributed by atoms with Gasteiger partial charge in [-0.05, 0) is 49.1 Å². The molecule has 0 saturated heterocycles. The van der Waals surface area contributed by atoms with Crippen LogP contribution in [0.3, 0.4) is 0 Å². The number of benzene rings is 2. The molecule has 0 amide bonds. The first-order valence-corrected chi connectivity index (χ1v) is 8.79. The third-order valence-corrected chi connectivity index (χ3v) is 3.75. The quantitative estimate of drug-likeness (QED) is 0.658. The second-order valence-corrected chi connectivity index (χ2v) is 6.57. The molecule has 0 bridgehead atoms. The minimum absolute atomic E-state index is 0.235. The summed E-state index contributed by atoms with van der Waals surface area (Å²) in [6.45, 7) is 10.0. The first-order valence-electron chi connectivity index (χ1n) is 8.79. The summed E-state index contributed by atoms with van der Waals surface area (Å²) in [6.07, 6.45) is 1.24. The largest absolute Gasteiger partial charge is 0.493 e. The van der Waals surface area contributed by atoms with E-state index in [0.717, 1.165) is 36.8 Å². The standard InChI is InChI=1S/C21H29NO2/c1-5-17(4)24-21-8-6-7-19(13-21)22-14-18-9-11-20(12-10-18)23-15-16(2)3/h6-13,16-17,22H,5,14-15H2,1-4H3. The van der Waals surface area contributed by atoms with Crippen LogP contribution in [0, 0.1) is 5.92 Å². The Kier molecular flexibility index (Phi) is 6.98. The molecule has 3 nitrogen and oxygen atoms in total. The molecule has 0 heterocycles. The van der Waals surface area contributed by atoms with Crippen molar-refractivity contribution in [1.82, 2.24) is 0 Å². The van der Waals surface area contributed by atoms with Crippen molar-refractivity contribution in [3.05, 3.63) is 54.1 Å². The van der Waals surface area contributed by atoms with Crippen molar-refractivity contribution in [2.75, 3.05) is 11.9 Å². The second kappa shape index (κ2) is 9.21. The fraction of sp³-hybridized carbons (Fsp3) is 0.429. The number of rotatable bonds is 9. The summed E-state index contributed by atoms with van der Waals surface area (Å²) >= 11 is 0. The Balaban J connectivity index is 1.87. The lowest BCUT2D eigenvalue weighted by Gasteiger charge is -2.14. The third kappa shape index (κ3) is 6.15. The third-order valence-electron chi connectivity index (χ3n) is 3.75. The van der Waals surface area contributed by atoms with Crippen LogP contribution in [0.1, 0.15) is 39.7 Å². The van der Waals surface area contributed by atoms with Crippen LogP contribution in [-0.2, 0) is 6.54 Å². The number of hydrogen-bond donors (Lipinski definition) is 1. The average Bonchev–Trinajstić information content (AvgIpc) is 2.59.